The van der Waals surface area contributed by atoms with E-state index in [1.54, 1.807) is 7.11 Å². The predicted molar refractivity (Wildman–Crippen MR) is 88.1 cm³/mol. The summed E-state index contributed by atoms with van der Waals surface area (Å²) in [4.78, 5) is 12.9. The number of nitrogens with zero attached hydrogens (tertiary/aromatic N) is 2. The Labute approximate surface area is 142 Å². The van der Waals surface area contributed by atoms with Crippen LogP contribution in [0.1, 0.15) is 39.2 Å². The lowest BCUT2D eigenvalue weighted by atomic mass is 9.76. The SMILES string of the molecule is COc1ccc([C@H]2CN=N[C@@]23C(=O)O[C@H](C(C)(C)C)O[C@@H]3C)cc1. The van der Waals surface area contributed by atoms with Crippen molar-refractivity contribution >= 4 is 5.97 Å². The normalized spacial score (nSPS) is 32.9. The number of ether oxygens (including phenoxy) is 3. The van der Waals surface area contributed by atoms with Crippen molar-refractivity contribution < 1.29 is 19.0 Å². The molecule has 1 spiro atoms. The van der Waals surface area contributed by atoms with Gasteiger partial charge in [0.1, 0.15) is 5.75 Å². The Morgan fingerprint density at radius 1 is 1.25 bits per heavy atom. The molecule has 4 atom stereocenters. The highest BCUT2D eigenvalue weighted by atomic mass is 16.7. The molecule has 0 bridgehead atoms. The van der Waals surface area contributed by atoms with Gasteiger partial charge in [0.05, 0.1) is 19.8 Å². The molecule has 24 heavy (non-hydrogen) atoms. The highest BCUT2D eigenvalue weighted by Crippen LogP contribution is 2.46. The summed E-state index contributed by atoms with van der Waals surface area (Å²) in [6.45, 7) is 8.25. The van der Waals surface area contributed by atoms with E-state index in [9.17, 15) is 4.79 Å². The number of benzene rings is 1. The molecule has 0 amide bonds. The van der Waals surface area contributed by atoms with Gasteiger partial charge in [-0.25, -0.2) is 4.79 Å². The fraction of sp³-hybridized carbons (Fsp3) is 0.611. The lowest BCUT2D eigenvalue weighted by Gasteiger charge is -2.44. The Morgan fingerprint density at radius 2 is 1.92 bits per heavy atom. The van der Waals surface area contributed by atoms with E-state index >= 15 is 0 Å². The van der Waals surface area contributed by atoms with Gasteiger partial charge < -0.3 is 14.2 Å². The van der Waals surface area contributed by atoms with Crippen LogP contribution in [-0.4, -0.2) is 37.6 Å². The van der Waals surface area contributed by atoms with Crippen LogP contribution in [0.2, 0.25) is 0 Å². The maximum absolute atomic E-state index is 12.9. The van der Waals surface area contributed by atoms with Crippen LogP contribution < -0.4 is 4.74 Å². The van der Waals surface area contributed by atoms with Crippen molar-refractivity contribution in [1.29, 1.82) is 0 Å². The number of hydrogen-bond acceptors (Lipinski definition) is 6. The van der Waals surface area contributed by atoms with Gasteiger partial charge in [0, 0.05) is 11.3 Å². The van der Waals surface area contributed by atoms with Gasteiger partial charge in [-0.1, -0.05) is 32.9 Å². The van der Waals surface area contributed by atoms with E-state index < -0.39 is 17.9 Å². The van der Waals surface area contributed by atoms with Crippen molar-refractivity contribution in [3.63, 3.8) is 0 Å². The molecular formula is C18H24N2O4. The van der Waals surface area contributed by atoms with Crippen LogP contribution in [0.15, 0.2) is 34.5 Å². The first-order valence-electron chi connectivity index (χ1n) is 8.18. The van der Waals surface area contributed by atoms with E-state index in [0.29, 0.717) is 6.54 Å². The molecule has 3 rings (SSSR count). The molecule has 1 aromatic rings. The van der Waals surface area contributed by atoms with Crippen molar-refractivity contribution in [3.05, 3.63) is 29.8 Å². The van der Waals surface area contributed by atoms with Crippen molar-refractivity contribution in [2.75, 3.05) is 13.7 Å². The van der Waals surface area contributed by atoms with E-state index in [1.807, 2.05) is 52.0 Å². The van der Waals surface area contributed by atoms with E-state index in [2.05, 4.69) is 10.2 Å². The zero-order valence-electron chi connectivity index (χ0n) is 14.8. The first kappa shape index (κ1) is 16.9. The van der Waals surface area contributed by atoms with Crippen molar-refractivity contribution in [2.24, 2.45) is 15.6 Å². The Balaban J connectivity index is 1.92. The second-order valence-corrected chi connectivity index (χ2v) is 7.46. The molecule has 0 radical (unpaired) electrons. The standard InChI is InChI=1S/C18H24N2O4/c1-11-18(15(21)24-16(23-11)17(2,3)4)14(10-19-20-18)12-6-8-13(22-5)9-7-12/h6-9,11,14,16H,10H2,1-5H3/t11-,14-,16-,18-/m1/s1. The molecule has 2 heterocycles. The molecule has 6 nitrogen and oxygen atoms in total. The Bertz CT molecular complexity index is 650. The molecular weight excluding hydrogens is 308 g/mol. The summed E-state index contributed by atoms with van der Waals surface area (Å²) in [6.07, 6.45) is -1.00. The second kappa shape index (κ2) is 5.84. The van der Waals surface area contributed by atoms with Gasteiger partial charge in [-0.05, 0) is 24.6 Å². The topological polar surface area (TPSA) is 69.5 Å². The summed E-state index contributed by atoms with van der Waals surface area (Å²) in [5.41, 5.74) is -0.435. The van der Waals surface area contributed by atoms with Crippen LogP contribution in [0.4, 0.5) is 0 Å². The minimum absolute atomic E-state index is 0.202. The molecule has 1 fully saturated rings. The van der Waals surface area contributed by atoms with Crippen LogP contribution in [0.3, 0.4) is 0 Å². The molecule has 1 saturated heterocycles. The van der Waals surface area contributed by atoms with Gasteiger partial charge in [0.15, 0.2) is 0 Å². The number of esters is 1. The molecule has 0 unspecified atom stereocenters. The van der Waals surface area contributed by atoms with Gasteiger partial charge in [-0.2, -0.15) is 10.2 Å². The van der Waals surface area contributed by atoms with Gasteiger partial charge in [0.2, 0.25) is 11.8 Å². The maximum Gasteiger partial charge on any atom is 0.341 e. The van der Waals surface area contributed by atoms with E-state index in [0.717, 1.165) is 11.3 Å². The van der Waals surface area contributed by atoms with Crippen LogP contribution in [0.25, 0.3) is 0 Å². The summed E-state index contributed by atoms with van der Waals surface area (Å²) >= 11 is 0. The molecule has 2 aliphatic rings. The van der Waals surface area contributed by atoms with Crippen LogP contribution in [-0.2, 0) is 14.3 Å². The van der Waals surface area contributed by atoms with Gasteiger partial charge >= 0.3 is 5.97 Å². The zero-order chi connectivity index (χ0) is 17.5. The number of azo groups is 1. The number of rotatable bonds is 2. The average Bonchev–Trinajstić information content (AvgIpc) is 2.97. The number of cyclic esters (lactones) is 1. The molecule has 0 aromatic heterocycles. The van der Waals surface area contributed by atoms with Crippen molar-refractivity contribution in [1.82, 2.24) is 0 Å². The molecule has 0 N–H and O–H groups in total. The third-order valence-electron chi connectivity index (χ3n) is 4.75. The van der Waals surface area contributed by atoms with Crippen LogP contribution in [0.5, 0.6) is 5.75 Å². The fourth-order valence-corrected chi connectivity index (χ4v) is 3.25. The molecule has 2 aliphatic heterocycles. The quantitative estimate of drug-likeness (QED) is 0.779. The van der Waals surface area contributed by atoms with Crippen molar-refractivity contribution in [2.45, 2.75) is 51.5 Å². The van der Waals surface area contributed by atoms with E-state index in [4.69, 9.17) is 14.2 Å². The molecule has 1 aromatic carbocycles. The van der Waals surface area contributed by atoms with Crippen LogP contribution in [0, 0.1) is 5.41 Å². The molecule has 6 heteroatoms. The molecule has 0 aliphatic carbocycles. The summed E-state index contributed by atoms with van der Waals surface area (Å²) in [5, 5.41) is 8.46. The second-order valence-electron chi connectivity index (χ2n) is 7.46. The lowest BCUT2D eigenvalue weighted by Crippen LogP contribution is -2.60. The van der Waals surface area contributed by atoms with Crippen LogP contribution >= 0.6 is 0 Å². The maximum atomic E-state index is 12.9. The summed E-state index contributed by atoms with van der Waals surface area (Å²) in [7, 11) is 1.62. The van der Waals surface area contributed by atoms with E-state index in [1.165, 1.54) is 0 Å². The Kier molecular flexibility index (Phi) is 4.11. The molecule has 0 saturated carbocycles. The summed E-state index contributed by atoms with van der Waals surface area (Å²) in [5.74, 6) is 0.207. The fourth-order valence-electron chi connectivity index (χ4n) is 3.25. The Morgan fingerprint density at radius 3 is 2.46 bits per heavy atom. The summed E-state index contributed by atoms with van der Waals surface area (Å²) in [6, 6.07) is 7.63. The third-order valence-corrected chi connectivity index (χ3v) is 4.75. The zero-order valence-corrected chi connectivity index (χ0v) is 14.8. The predicted octanol–water partition coefficient (Wildman–Crippen LogP) is 3.32. The average molecular weight is 332 g/mol. The number of carbonyl (C=O) groups excluding carboxylic acids is 1. The monoisotopic (exact) mass is 332 g/mol. The number of hydrogen-bond donors (Lipinski definition) is 0. The van der Waals surface area contributed by atoms with Crippen molar-refractivity contribution in [3.8, 4) is 5.75 Å². The smallest absolute Gasteiger partial charge is 0.341 e. The number of methoxy groups -OCH3 is 1. The van der Waals surface area contributed by atoms with Gasteiger partial charge in [-0.3, -0.25) is 0 Å². The first-order chi connectivity index (χ1) is 11.3. The van der Waals surface area contributed by atoms with E-state index in [-0.39, 0.29) is 17.3 Å². The summed E-state index contributed by atoms with van der Waals surface area (Å²) < 4.78 is 16.8. The van der Waals surface area contributed by atoms with Gasteiger partial charge in [-0.15, -0.1) is 0 Å². The van der Waals surface area contributed by atoms with Gasteiger partial charge in [0.25, 0.3) is 0 Å². The third kappa shape index (κ3) is 2.59. The largest absolute Gasteiger partial charge is 0.497 e. The first-order valence-corrected chi connectivity index (χ1v) is 8.18. The highest BCUT2D eigenvalue weighted by Gasteiger charge is 2.60. The molecule has 130 valence electrons. The Hall–Kier alpha value is -1.95. The number of carbonyl (C=O) groups is 1. The highest BCUT2D eigenvalue weighted by molar-refractivity contribution is 5.84. The lowest BCUT2D eigenvalue weighted by molar-refractivity contribution is -0.258. The minimum atomic E-state index is -1.11. The minimum Gasteiger partial charge on any atom is -0.497 e.